The zero-order valence-electron chi connectivity index (χ0n) is 10.7. The van der Waals surface area contributed by atoms with Gasteiger partial charge in [-0.05, 0) is 42.7 Å². The van der Waals surface area contributed by atoms with Crippen molar-refractivity contribution < 1.29 is 9.90 Å². The van der Waals surface area contributed by atoms with E-state index in [1.54, 1.807) is 0 Å². The van der Waals surface area contributed by atoms with Gasteiger partial charge in [0.05, 0.1) is 5.41 Å². The molecule has 2 heteroatoms. The summed E-state index contributed by atoms with van der Waals surface area (Å²) in [5.74, 6) is -0.207. The fourth-order valence-corrected chi connectivity index (χ4v) is 3.91. The van der Waals surface area contributed by atoms with Gasteiger partial charge in [0.2, 0.25) is 0 Å². The van der Waals surface area contributed by atoms with E-state index in [0.717, 1.165) is 25.7 Å². The molecule has 0 atom stereocenters. The average molecular weight is 244 g/mol. The van der Waals surface area contributed by atoms with E-state index in [0.29, 0.717) is 5.92 Å². The van der Waals surface area contributed by atoms with Gasteiger partial charge in [-0.25, -0.2) is 0 Å². The van der Waals surface area contributed by atoms with Crippen LogP contribution in [0, 0.1) is 11.3 Å². The van der Waals surface area contributed by atoms with Crippen LogP contribution in [0.4, 0.5) is 0 Å². The molecule has 0 amide bonds. The van der Waals surface area contributed by atoms with Crippen molar-refractivity contribution in [2.24, 2.45) is 11.3 Å². The normalized spacial score (nSPS) is 22.7. The Kier molecular flexibility index (Phi) is 2.89. The zero-order chi connectivity index (χ0) is 12.6. The van der Waals surface area contributed by atoms with Crippen molar-refractivity contribution >= 4 is 5.97 Å². The molecule has 2 aliphatic rings. The third kappa shape index (κ3) is 1.75. The first-order valence-corrected chi connectivity index (χ1v) is 7.02. The summed E-state index contributed by atoms with van der Waals surface area (Å²) in [5, 5.41) is 9.79. The van der Waals surface area contributed by atoms with Gasteiger partial charge in [-0.2, -0.15) is 0 Å². The Morgan fingerprint density at radius 3 is 2.11 bits per heavy atom. The maximum absolute atomic E-state index is 11.9. The first kappa shape index (κ1) is 11.8. The standard InChI is InChI=1S/C16H20O2/c17-15(18)16(14-8-2-1-3-9-14)10-12-6-4-5-7-13(12)11-16/h4-7,14H,1-3,8-11H2,(H,17,18). The van der Waals surface area contributed by atoms with Crippen molar-refractivity contribution in [3.8, 4) is 0 Å². The number of hydrogen-bond acceptors (Lipinski definition) is 1. The summed E-state index contributed by atoms with van der Waals surface area (Å²) >= 11 is 0. The first-order valence-electron chi connectivity index (χ1n) is 7.02. The van der Waals surface area contributed by atoms with Gasteiger partial charge in [0.25, 0.3) is 0 Å². The Labute approximate surface area is 108 Å². The molecule has 18 heavy (non-hydrogen) atoms. The molecule has 1 N–H and O–H groups in total. The molecule has 0 aliphatic heterocycles. The van der Waals surface area contributed by atoms with E-state index < -0.39 is 11.4 Å². The van der Waals surface area contributed by atoms with Crippen LogP contribution in [0.25, 0.3) is 0 Å². The first-order chi connectivity index (χ1) is 8.72. The largest absolute Gasteiger partial charge is 0.481 e. The van der Waals surface area contributed by atoms with Crippen LogP contribution in [0.15, 0.2) is 24.3 Å². The molecule has 3 rings (SSSR count). The topological polar surface area (TPSA) is 37.3 Å². The Balaban J connectivity index is 1.93. The molecule has 96 valence electrons. The monoisotopic (exact) mass is 244 g/mol. The molecular formula is C16H20O2. The van der Waals surface area contributed by atoms with E-state index in [1.807, 2.05) is 12.1 Å². The van der Waals surface area contributed by atoms with E-state index in [1.165, 1.54) is 30.4 Å². The van der Waals surface area contributed by atoms with Gasteiger partial charge < -0.3 is 5.11 Å². The van der Waals surface area contributed by atoms with E-state index in [-0.39, 0.29) is 0 Å². The summed E-state index contributed by atoms with van der Waals surface area (Å²) in [4.78, 5) is 11.9. The highest BCUT2D eigenvalue weighted by molar-refractivity contribution is 5.77. The van der Waals surface area contributed by atoms with Gasteiger partial charge in [-0.1, -0.05) is 43.5 Å². The molecule has 2 aliphatic carbocycles. The minimum absolute atomic E-state index is 0.371. The van der Waals surface area contributed by atoms with Crippen LogP contribution >= 0.6 is 0 Å². The Morgan fingerprint density at radius 1 is 1.06 bits per heavy atom. The lowest BCUT2D eigenvalue weighted by molar-refractivity contribution is -0.153. The van der Waals surface area contributed by atoms with Gasteiger partial charge >= 0.3 is 5.97 Å². The molecule has 0 saturated heterocycles. The maximum Gasteiger partial charge on any atom is 0.310 e. The molecule has 0 aromatic heterocycles. The summed E-state index contributed by atoms with van der Waals surface area (Å²) in [7, 11) is 0. The smallest absolute Gasteiger partial charge is 0.310 e. The minimum Gasteiger partial charge on any atom is -0.481 e. The number of aliphatic carboxylic acids is 1. The van der Waals surface area contributed by atoms with Gasteiger partial charge in [0.15, 0.2) is 0 Å². The lowest BCUT2D eigenvalue weighted by atomic mass is 9.67. The van der Waals surface area contributed by atoms with E-state index >= 15 is 0 Å². The predicted molar refractivity (Wildman–Crippen MR) is 70.5 cm³/mol. The summed E-state index contributed by atoms with van der Waals surface area (Å²) in [6.07, 6.45) is 7.36. The molecule has 1 aromatic rings. The minimum atomic E-state index is -0.578. The van der Waals surface area contributed by atoms with Crippen LogP contribution in [0.1, 0.15) is 43.2 Å². The number of carbonyl (C=O) groups is 1. The highest BCUT2D eigenvalue weighted by atomic mass is 16.4. The van der Waals surface area contributed by atoms with Crippen LogP contribution in [0.5, 0.6) is 0 Å². The van der Waals surface area contributed by atoms with E-state index in [9.17, 15) is 9.90 Å². The highest BCUT2D eigenvalue weighted by Crippen LogP contribution is 2.48. The number of benzene rings is 1. The summed E-state index contributed by atoms with van der Waals surface area (Å²) in [5.41, 5.74) is 2.00. The van der Waals surface area contributed by atoms with Crippen LogP contribution in [-0.2, 0) is 17.6 Å². The SMILES string of the molecule is O=C(O)C1(C2CCCCC2)Cc2ccccc2C1. The molecule has 0 spiro atoms. The van der Waals surface area contributed by atoms with Gasteiger partial charge in [-0.15, -0.1) is 0 Å². The quantitative estimate of drug-likeness (QED) is 0.865. The fraction of sp³-hybridized carbons (Fsp3) is 0.562. The van der Waals surface area contributed by atoms with Crippen molar-refractivity contribution in [3.05, 3.63) is 35.4 Å². The zero-order valence-corrected chi connectivity index (χ0v) is 10.7. The van der Waals surface area contributed by atoms with Gasteiger partial charge in [-0.3, -0.25) is 4.79 Å². The van der Waals surface area contributed by atoms with E-state index in [2.05, 4.69) is 12.1 Å². The van der Waals surface area contributed by atoms with Crippen molar-refractivity contribution in [1.82, 2.24) is 0 Å². The third-order valence-electron chi connectivity index (χ3n) is 4.94. The Bertz CT molecular complexity index is 433. The second-order valence-electron chi connectivity index (χ2n) is 5.92. The van der Waals surface area contributed by atoms with Gasteiger partial charge in [0.1, 0.15) is 0 Å². The number of carboxylic acids is 1. The Hall–Kier alpha value is -1.31. The number of fused-ring (bicyclic) bond motifs is 1. The van der Waals surface area contributed by atoms with Crippen molar-refractivity contribution in [2.45, 2.75) is 44.9 Å². The maximum atomic E-state index is 11.9. The molecule has 0 unspecified atom stereocenters. The molecule has 2 nitrogen and oxygen atoms in total. The second kappa shape index (κ2) is 4.42. The van der Waals surface area contributed by atoms with Crippen LogP contribution < -0.4 is 0 Å². The summed E-state index contributed by atoms with van der Waals surface area (Å²) < 4.78 is 0. The molecule has 1 fully saturated rings. The molecule has 1 saturated carbocycles. The van der Waals surface area contributed by atoms with Crippen LogP contribution in [-0.4, -0.2) is 11.1 Å². The van der Waals surface area contributed by atoms with Crippen LogP contribution in [0.3, 0.4) is 0 Å². The van der Waals surface area contributed by atoms with Crippen molar-refractivity contribution in [3.63, 3.8) is 0 Å². The van der Waals surface area contributed by atoms with E-state index in [4.69, 9.17) is 0 Å². The molecule has 0 radical (unpaired) electrons. The molecule has 0 heterocycles. The lowest BCUT2D eigenvalue weighted by Gasteiger charge is -2.36. The molecular weight excluding hydrogens is 224 g/mol. The molecule has 0 bridgehead atoms. The van der Waals surface area contributed by atoms with Crippen molar-refractivity contribution in [1.29, 1.82) is 0 Å². The Morgan fingerprint density at radius 2 is 1.61 bits per heavy atom. The third-order valence-corrected chi connectivity index (χ3v) is 4.94. The number of rotatable bonds is 2. The summed E-state index contributed by atoms with van der Waals surface area (Å²) in [6.45, 7) is 0. The number of carboxylic acid groups (broad SMARTS) is 1. The molecule has 1 aromatic carbocycles. The summed E-state index contributed by atoms with van der Waals surface area (Å²) in [6, 6.07) is 8.25. The predicted octanol–water partition coefficient (Wildman–Crippen LogP) is 3.44. The van der Waals surface area contributed by atoms with Crippen molar-refractivity contribution in [2.75, 3.05) is 0 Å². The van der Waals surface area contributed by atoms with Crippen LogP contribution in [0.2, 0.25) is 0 Å². The highest BCUT2D eigenvalue weighted by Gasteiger charge is 2.49. The lowest BCUT2D eigenvalue weighted by Crippen LogP contribution is -2.40. The second-order valence-corrected chi connectivity index (χ2v) is 5.92. The average Bonchev–Trinajstić information content (AvgIpc) is 2.80. The fourth-order valence-electron chi connectivity index (χ4n) is 3.91. The van der Waals surface area contributed by atoms with Gasteiger partial charge in [0, 0.05) is 0 Å². The number of hydrogen-bond donors (Lipinski definition) is 1.